The van der Waals surface area contributed by atoms with E-state index in [1.165, 1.54) is 17.7 Å². The van der Waals surface area contributed by atoms with Gasteiger partial charge in [-0.1, -0.05) is 0 Å². The summed E-state index contributed by atoms with van der Waals surface area (Å²) in [6, 6.07) is 7.20. The van der Waals surface area contributed by atoms with E-state index in [2.05, 4.69) is 15.4 Å². The smallest absolute Gasteiger partial charge is 0.251 e. The third kappa shape index (κ3) is 3.46. The number of rotatable bonds is 5. The van der Waals surface area contributed by atoms with Crippen molar-refractivity contribution in [2.24, 2.45) is 0 Å². The van der Waals surface area contributed by atoms with E-state index in [1.54, 1.807) is 23.1 Å². The summed E-state index contributed by atoms with van der Waals surface area (Å²) in [5.41, 5.74) is 3.15. The van der Waals surface area contributed by atoms with Crippen molar-refractivity contribution in [3.63, 3.8) is 0 Å². The van der Waals surface area contributed by atoms with Crippen LogP contribution in [0.1, 0.15) is 27.6 Å². The second kappa shape index (κ2) is 6.72. The summed E-state index contributed by atoms with van der Waals surface area (Å²) in [5.74, 6) is -0.215. The lowest BCUT2D eigenvalue weighted by atomic mass is 10.1. The molecule has 2 aromatic heterocycles. The summed E-state index contributed by atoms with van der Waals surface area (Å²) >= 11 is 1.51. The Hall–Kier alpha value is -2.51. The van der Waals surface area contributed by atoms with Crippen LogP contribution in [0.25, 0.3) is 5.69 Å². The summed E-state index contributed by atoms with van der Waals surface area (Å²) in [7, 11) is 0. The first-order chi connectivity index (χ1) is 11.1. The maximum Gasteiger partial charge on any atom is 0.251 e. The van der Waals surface area contributed by atoms with Gasteiger partial charge in [0.05, 0.1) is 11.8 Å². The van der Waals surface area contributed by atoms with E-state index < -0.39 is 6.10 Å². The minimum absolute atomic E-state index is 0.180. The maximum atomic E-state index is 12.2. The van der Waals surface area contributed by atoms with Crippen LogP contribution in [-0.4, -0.2) is 32.3 Å². The van der Waals surface area contributed by atoms with Gasteiger partial charge in [0.15, 0.2) is 0 Å². The molecule has 2 N–H and O–H groups in total. The van der Waals surface area contributed by atoms with Crippen molar-refractivity contribution in [1.29, 1.82) is 0 Å². The fraction of sp³-hybridized carbons (Fsp3) is 0.188. The number of aromatic nitrogens is 3. The van der Waals surface area contributed by atoms with Gasteiger partial charge in [-0.25, -0.2) is 9.67 Å². The molecule has 6 nitrogen and oxygen atoms in total. The maximum absolute atomic E-state index is 12.2. The van der Waals surface area contributed by atoms with Crippen LogP contribution in [0.2, 0.25) is 0 Å². The number of benzene rings is 1. The molecule has 1 atom stereocenters. The quantitative estimate of drug-likeness (QED) is 0.752. The number of aryl methyl sites for hydroxylation is 1. The first-order valence-corrected chi connectivity index (χ1v) is 8.03. The number of carbonyl (C=O) groups is 1. The predicted octanol–water partition coefficient (Wildman–Crippen LogP) is 2.10. The lowest BCUT2D eigenvalue weighted by molar-refractivity contribution is 0.0916. The number of amides is 1. The predicted molar refractivity (Wildman–Crippen MR) is 87.7 cm³/mol. The number of hydrogen-bond donors (Lipinski definition) is 2. The van der Waals surface area contributed by atoms with Crippen LogP contribution in [0, 0.1) is 6.92 Å². The van der Waals surface area contributed by atoms with Crippen molar-refractivity contribution >= 4 is 17.2 Å². The van der Waals surface area contributed by atoms with Crippen LogP contribution in [0.3, 0.4) is 0 Å². The fourth-order valence-corrected chi connectivity index (χ4v) is 2.97. The Balaban J connectivity index is 1.67. The largest absolute Gasteiger partial charge is 0.387 e. The minimum Gasteiger partial charge on any atom is -0.387 e. The number of nitrogens with one attached hydrogen (secondary N) is 1. The Morgan fingerprint density at radius 3 is 2.96 bits per heavy atom. The van der Waals surface area contributed by atoms with Crippen LogP contribution in [0.4, 0.5) is 0 Å². The first-order valence-electron chi connectivity index (χ1n) is 7.09. The Morgan fingerprint density at radius 2 is 2.30 bits per heavy atom. The van der Waals surface area contributed by atoms with Gasteiger partial charge in [-0.05, 0) is 53.1 Å². The van der Waals surface area contributed by atoms with Crippen molar-refractivity contribution in [3.05, 3.63) is 64.4 Å². The molecule has 0 spiro atoms. The van der Waals surface area contributed by atoms with Gasteiger partial charge in [-0.2, -0.15) is 16.4 Å². The number of hydrogen-bond acceptors (Lipinski definition) is 5. The Labute approximate surface area is 137 Å². The summed E-state index contributed by atoms with van der Waals surface area (Å²) in [5, 5.41) is 20.6. The van der Waals surface area contributed by atoms with Crippen LogP contribution >= 0.6 is 11.3 Å². The standard InChI is InChI=1S/C16H16N4O2S/c1-11-6-12(2-3-14(11)20-10-17-9-19-20)16(22)18-7-15(21)13-4-5-23-8-13/h2-6,8-10,15,21H,7H2,1H3,(H,18,22). The van der Waals surface area contributed by atoms with Gasteiger partial charge in [0, 0.05) is 12.1 Å². The van der Waals surface area contributed by atoms with E-state index in [1.807, 2.05) is 29.8 Å². The summed E-state index contributed by atoms with van der Waals surface area (Å²) in [4.78, 5) is 16.1. The van der Waals surface area contributed by atoms with E-state index in [0.717, 1.165) is 16.8 Å². The van der Waals surface area contributed by atoms with E-state index in [9.17, 15) is 9.90 Å². The van der Waals surface area contributed by atoms with Gasteiger partial charge < -0.3 is 10.4 Å². The third-order valence-corrected chi connectivity index (χ3v) is 4.21. The molecule has 1 aromatic carbocycles. The molecule has 0 fully saturated rings. The normalized spacial score (nSPS) is 12.1. The Bertz CT molecular complexity index is 785. The molecule has 23 heavy (non-hydrogen) atoms. The molecule has 0 bridgehead atoms. The van der Waals surface area contributed by atoms with E-state index in [4.69, 9.17) is 0 Å². The summed E-state index contributed by atoms with van der Waals surface area (Å²) in [6.45, 7) is 2.09. The molecular formula is C16H16N4O2S. The monoisotopic (exact) mass is 328 g/mol. The average Bonchev–Trinajstić information content (AvgIpc) is 3.25. The molecule has 0 saturated heterocycles. The van der Waals surface area contributed by atoms with E-state index in [-0.39, 0.29) is 12.5 Å². The molecule has 0 radical (unpaired) electrons. The third-order valence-electron chi connectivity index (χ3n) is 3.51. The minimum atomic E-state index is -0.694. The molecule has 7 heteroatoms. The van der Waals surface area contributed by atoms with Gasteiger partial charge in [-0.15, -0.1) is 0 Å². The van der Waals surface area contributed by atoms with Gasteiger partial charge in [-0.3, -0.25) is 4.79 Å². The Kier molecular flexibility index (Phi) is 4.50. The van der Waals surface area contributed by atoms with Crippen molar-refractivity contribution in [3.8, 4) is 5.69 Å². The second-order valence-electron chi connectivity index (χ2n) is 5.12. The molecule has 118 valence electrons. The molecular weight excluding hydrogens is 312 g/mol. The lowest BCUT2D eigenvalue weighted by Gasteiger charge is -2.12. The Morgan fingerprint density at radius 1 is 1.43 bits per heavy atom. The number of thiophene rings is 1. The zero-order valence-electron chi connectivity index (χ0n) is 12.5. The molecule has 2 heterocycles. The highest BCUT2D eigenvalue weighted by Crippen LogP contribution is 2.17. The molecule has 1 amide bonds. The van der Waals surface area contributed by atoms with Gasteiger partial charge in [0.1, 0.15) is 12.7 Å². The highest BCUT2D eigenvalue weighted by atomic mass is 32.1. The zero-order chi connectivity index (χ0) is 16.2. The zero-order valence-corrected chi connectivity index (χ0v) is 13.3. The van der Waals surface area contributed by atoms with Crippen LogP contribution in [-0.2, 0) is 0 Å². The van der Waals surface area contributed by atoms with Crippen LogP contribution < -0.4 is 5.32 Å². The van der Waals surface area contributed by atoms with Gasteiger partial charge >= 0.3 is 0 Å². The number of aliphatic hydroxyl groups is 1. The number of nitrogens with zero attached hydrogens (tertiary/aromatic N) is 3. The van der Waals surface area contributed by atoms with E-state index >= 15 is 0 Å². The summed E-state index contributed by atoms with van der Waals surface area (Å²) in [6.07, 6.45) is 2.38. The molecule has 0 saturated carbocycles. The molecule has 3 aromatic rings. The van der Waals surface area contributed by atoms with Gasteiger partial charge in [0.2, 0.25) is 0 Å². The fourth-order valence-electron chi connectivity index (χ4n) is 2.26. The number of carbonyl (C=O) groups excluding carboxylic acids is 1. The van der Waals surface area contributed by atoms with Gasteiger partial charge in [0.25, 0.3) is 5.91 Å². The second-order valence-corrected chi connectivity index (χ2v) is 5.90. The van der Waals surface area contributed by atoms with Crippen LogP contribution in [0.15, 0.2) is 47.7 Å². The molecule has 1 unspecified atom stereocenters. The van der Waals surface area contributed by atoms with Crippen LogP contribution in [0.5, 0.6) is 0 Å². The molecule has 0 aliphatic carbocycles. The van der Waals surface area contributed by atoms with Crippen molar-refractivity contribution in [2.75, 3.05) is 6.54 Å². The molecule has 3 rings (SSSR count). The van der Waals surface area contributed by atoms with Crippen molar-refractivity contribution in [1.82, 2.24) is 20.1 Å². The van der Waals surface area contributed by atoms with Crippen molar-refractivity contribution < 1.29 is 9.90 Å². The SMILES string of the molecule is Cc1cc(C(=O)NCC(O)c2ccsc2)ccc1-n1cncn1. The number of aliphatic hydroxyl groups excluding tert-OH is 1. The lowest BCUT2D eigenvalue weighted by Crippen LogP contribution is -2.28. The summed E-state index contributed by atoms with van der Waals surface area (Å²) < 4.78 is 1.65. The van der Waals surface area contributed by atoms with Crippen molar-refractivity contribution in [2.45, 2.75) is 13.0 Å². The first kappa shape index (κ1) is 15.4. The van der Waals surface area contributed by atoms with E-state index in [0.29, 0.717) is 5.56 Å². The average molecular weight is 328 g/mol. The highest BCUT2D eigenvalue weighted by Gasteiger charge is 2.12. The molecule has 0 aliphatic rings. The molecule has 0 aliphatic heterocycles. The highest BCUT2D eigenvalue weighted by molar-refractivity contribution is 7.07. The topological polar surface area (TPSA) is 80.0 Å².